The van der Waals surface area contributed by atoms with E-state index in [1.807, 2.05) is 10.3 Å². The van der Waals surface area contributed by atoms with Gasteiger partial charge in [0.2, 0.25) is 15.9 Å². The topological polar surface area (TPSA) is 82.6 Å². The first-order valence-electron chi connectivity index (χ1n) is 8.10. The van der Waals surface area contributed by atoms with Crippen LogP contribution in [0, 0.1) is 0 Å². The minimum absolute atomic E-state index is 0.189. The lowest BCUT2D eigenvalue weighted by molar-refractivity contribution is -0.117. The maximum atomic E-state index is 12.3. The van der Waals surface area contributed by atoms with Crippen molar-refractivity contribution >= 4 is 55.6 Å². The van der Waals surface area contributed by atoms with Gasteiger partial charge in [-0.05, 0) is 18.2 Å². The molecule has 0 saturated carbocycles. The van der Waals surface area contributed by atoms with E-state index in [0.29, 0.717) is 47.0 Å². The van der Waals surface area contributed by atoms with Crippen molar-refractivity contribution in [1.82, 2.24) is 14.2 Å². The van der Waals surface area contributed by atoms with Crippen molar-refractivity contribution in [3.63, 3.8) is 0 Å². The highest BCUT2D eigenvalue weighted by Gasteiger charge is 2.24. The highest BCUT2D eigenvalue weighted by Crippen LogP contribution is 2.32. The molecule has 1 fully saturated rings. The molecule has 0 bridgehead atoms. The predicted octanol–water partition coefficient (Wildman–Crippen LogP) is 2.63. The number of rotatable bonds is 5. The first-order valence-corrected chi connectivity index (χ1v) is 11.6. The minimum Gasteiger partial charge on any atom is -0.301 e. The maximum Gasteiger partial charge on any atom is 0.240 e. The summed E-state index contributed by atoms with van der Waals surface area (Å²) < 4.78 is 24.5. The van der Waals surface area contributed by atoms with Crippen LogP contribution in [0.15, 0.2) is 23.6 Å². The van der Waals surface area contributed by atoms with Gasteiger partial charge in [-0.1, -0.05) is 23.2 Å². The van der Waals surface area contributed by atoms with E-state index in [4.69, 9.17) is 23.2 Å². The van der Waals surface area contributed by atoms with E-state index in [1.54, 1.807) is 18.2 Å². The molecule has 0 atom stereocenters. The fourth-order valence-electron chi connectivity index (χ4n) is 2.73. The Labute approximate surface area is 171 Å². The van der Waals surface area contributed by atoms with E-state index in [1.165, 1.54) is 21.9 Å². The summed E-state index contributed by atoms with van der Waals surface area (Å²) in [4.78, 5) is 18.6. The fourth-order valence-corrected chi connectivity index (χ4v) is 4.79. The Morgan fingerprint density at radius 2 is 1.96 bits per heavy atom. The van der Waals surface area contributed by atoms with Crippen molar-refractivity contribution in [3.8, 4) is 11.3 Å². The Balaban J connectivity index is 1.56. The quantitative estimate of drug-likeness (QED) is 0.759. The van der Waals surface area contributed by atoms with Crippen molar-refractivity contribution in [2.45, 2.75) is 0 Å². The van der Waals surface area contributed by atoms with Crippen LogP contribution in [0.2, 0.25) is 10.0 Å². The van der Waals surface area contributed by atoms with Crippen molar-refractivity contribution in [2.24, 2.45) is 0 Å². The number of benzene rings is 1. The van der Waals surface area contributed by atoms with E-state index < -0.39 is 10.0 Å². The number of hydrogen-bond donors (Lipinski definition) is 1. The first kappa shape index (κ1) is 20.5. The Morgan fingerprint density at radius 3 is 2.59 bits per heavy atom. The van der Waals surface area contributed by atoms with Gasteiger partial charge in [-0.15, -0.1) is 11.3 Å². The Kier molecular flexibility index (Phi) is 6.39. The van der Waals surface area contributed by atoms with Crippen LogP contribution in [-0.4, -0.2) is 67.5 Å². The molecule has 1 aromatic carbocycles. The Bertz CT molecular complexity index is 941. The third kappa shape index (κ3) is 5.40. The van der Waals surface area contributed by atoms with Gasteiger partial charge in [-0.2, -0.15) is 4.31 Å². The Hall–Kier alpha value is -1.23. The number of aromatic nitrogens is 1. The van der Waals surface area contributed by atoms with Crippen LogP contribution in [-0.2, 0) is 14.8 Å². The number of piperazine rings is 1. The van der Waals surface area contributed by atoms with Gasteiger partial charge < -0.3 is 5.32 Å². The summed E-state index contributed by atoms with van der Waals surface area (Å²) in [7, 11) is -3.18. The average Bonchev–Trinajstić information content (AvgIpc) is 3.02. The second-order valence-corrected chi connectivity index (χ2v) is 9.83. The van der Waals surface area contributed by atoms with E-state index in [0.717, 1.165) is 5.56 Å². The molecule has 1 aromatic heterocycles. The second-order valence-electron chi connectivity index (χ2n) is 6.15. The number of carbonyl (C=O) groups excluding carboxylic acids is 1. The molecule has 1 N–H and O–H groups in total. The van der Waals surface area contributed by atoms with Crippen molar-refractivity contribution in [1.29, 1.82) is 0 Å². The van der Waals surface area contributed by atoms with Gasteiger partial charge in [0.25, 0.3) is 0 Å². The van der Waals surface area contributed by atoms with Crippen LogP contribution in [0.25, 0.3) is 11.3 Å². The first-order chi connectivity index (χ1) is 12.7. The van der Waals surface area contributed by atoms with E-state index >= 15 is 0 Å². The molecular formula is C16H18Cl2N4O3S2. The van der Waals surface area contributed by atoms with Crippen LogP contribution < -0.4 is 5.32 Å². The zero-order chi connectivity index (χ0) is 19.6. The van der Waals surface area contributed by atoms with Gasteiger partial charge in [0, 0.05) is 42.1 Å². The molecule has 1 saturated heterocycles. The van der Waals surface area contributed by atoms with Gasteiger partial charge in [-0.3, -0.25) is 9.69 Å². The predicted molar refractivity (Wildman–Crippen MR) is 109 cm³/mol. The van der Waals surface area contributed by atoms with Crippen LogP contribution >= 0.6 is 34.5 Å². The van der Waals surface area contributed by atoms with Crippen molar-refractivity contribution in [2.75, 3.05) is 44.3 Å². The van der Waals surface area contributed by atoms with Crippen molar-refractivity contribution < 1.29 is 13.2 Å². The Morgan fingerprint density at radius 1 is 1.26 bits per heavy atom. The summed E-state index contributed by atoms with van der Waals surface area (Å²) in [6.07, 6.45) is 1.20. The summed E-state index contributed by atoms with van der Waals surface area (Å²) in [5, 5.41) is 6.11. The minimum atomic E-state index is -3.18. The smallest absolute Gasteiger partial charge is 0.240 e. The molecule has 1 aliphatic heterocycles. The summed E-state index contributed by atoms with van der Waals surface area (Å²) in [5.41, 5.74) is 1.41. The lowest BCUT2D eigenvalue weighted by Crippen LogP contribution is -2.50. The highest BCUT2D eigenvalue weighted by atomic mass is 35.5. The lowest BCUT2D eigenvalue weighted by Gasteiger charge is -2.32. The highest BCUT2D eigenvalue weighted by molar-refractivity contribution is 7.88. The number of thiazole rings is 1. The molecule has 0 radical (unpaired) electrons. The fraction of sp³-hybridized carbons (Fsp3) is 0.375. The molecule has 0 aliphatic carbocycles. The largest absolute Gasteiger partial charge is 0.301 e. The summed E-state index contributed by atoms with van der Waals surface area (Å²) in [6.45, 7) is 2.01. The zero-order valence-electron chi connectivity index (χ0n) is 14.5. The number of halogens is 2. The van der Waals surface area contributed by atoms with E-state index in [-0.39, 0.29) is 12.5 Å². The van der Waals surface area contributed by atoms with E-state index in [9.17, 15) is 13.2 Å². The van der Waals surface area contributed by atoms with Gasteiger partial charge in [0.1, 0.15) is 0 Å². The molecule has 1 aliphatic rings. The van der Waals surface area contributed by atoms with Crippen LogP contribution in [0.4, 0.5) is 5.13 Å². The summed E-state index contributed by atoms with van der Waals surface area (Å²) in [6, 6.07) is 5.16. The number of carbonyl (C=O) groups is 1. The molecule has 0 spiro atoms. The number of hydrogen-bond acceptors (Lipinski definition) is 6. The van der Waals surface area contributed by atoms with Gasteiger partial charge in [0.05, 0.1) is 23.5 Å². The van der Waals surface area contributed by atoms with Crippen LogP contribution in [0.5, 0.6) is 0 Å². The lowest BCUT2D eigenvalue weighted by atomic mass is 10.2. The molecular weight excluding hydrogens is 431 g/mol. The molecule has 2 aromatic rings. The monoisotopic (exact) mass is 448 g/mol. The van der Waals surface area contributed by atoms with Gasteiger partial charge >= 0.3 is 0 Å². The van der Waals surface area contributed by atoms with Crippen LogP contribution in [0.1, 0.15) is 0 Å². The summed E-state index contributed by atoms with van der Waals surface area (Å²) >= 11 is 13.4. The molecule has 0 unspecified atom stereocenters. The molecule has 2 heterocycles. The molecule has 11 heteroatoms. The standard InChI is InChI=1S/C16H18Cl2N4O3S2/c1-27(24,25)22-6-4-21(5-7-22)9-15(23)20-16-19-14(10-26-16)12-3-2-11(17)8-13(12)18/h2-3,8,10H,4-7,9H2,1H3,(H,19,20,23). The average molecular weight is 449 g/mol. The molecule has 7 nitrogen and oxygen atoms in total. The van der Waals surface area contributed by atoms with Crippen LogP contribution in [0.3, 0.4) is 0 Å². The third-order valence-electron chi connectivity index (χ3n) is 4.13. The molecule has 3 rings (SSSR count). The second kappa shape index (κ2) is 8.42. The molecule has 146 valence electrons. The normalized spacial score (nSPS) is 16.4. The van der Waals surface area contributed by atoms with Gasteiger partial charge in [-0.25, -0.2) is 13.4 Å². The SMILES string of the molecule is CS(=O)(=O)N1CCN(CC(=O)Nc2nc(-c3ccc(Cl)cc3Cl)cs2)CC1. The summed E-state index contributed by atoms with van der Waals surface area (Å²) in [5.74, 6) is -0.189. The zero-order valence-corrected chi connectivity index (χ0v) is 17.6. The van der Waals surface area contributed by atoms with Gasteiger partial charge in [0.15, 0.2) is 5.13 Å². The third-order valence-corrected chi connectivity index (χ3v) is 6.73. The molecule has 1 amide bonds. The maximum absolute atomic E-state index is 12.3. The number of nitrogens with one attached hydrogen (secondary N) is 1. The number of nitrogens with zero attached hydrogens (tertiary/aromatic N) is 3. The van der Waals surface area contributed by atoms with Crippen molar-refractivity contribution in [3.05, 3.63) is 33.6 Å². The number of anilines is 1. The molecule has 27 heavy (non-hydrogen) atoms. The number of sulfonamides is 1. The van der Waals surface area contributed by atoms with E-state index in [2.05, 4.69) is 10.3 Å². The number of amides is 1.